The Morgan fingerprint density at radius 2 is 2.19 bits per heavy atom. The SMILES string of the molecule is CCNC(=NCc1cc(C)ccc1OC(F)F)NCCCn1cccn1. The van der Waals surface area contributed by atoms with Gasteiger partial charge in [0.25, 0.3) is 0 Å². The van der Waals surface area contributed by atoms with Crippen molar-refractivity contribution in [1.82, 2.24) is 20.4 Å². The van der Waals surface area contributed by atoms with E-state index in [-0.39, 0.29) is 12.3 Å². The number of ether oxygens (including phenoxy) is 1. The van der Waals surface area contributed by atoms with E-state index in [0.29, 0.717) is 18.1 Å². The molecule has 0 aliphatic carbocycles. The van der Waals surface area contributed by atoms with Crippen molar-refractivity contribution in [1.29, 1.82) is 0 Å². The number of alkyl halides is 2. The fourth-order valence-electron chi connectivity index (χ4n) is 2.43. The molecule has 1 heterocycles. The van der Waals surface area contributed by atoms with Gasteiger partial charge in [0, 0.05) is 37.6 Å². The summed E-state index contributed by atoms with van der Waals surface area (Å²) in [5, 5.41) is 10.5. The molecule has 1 aromatic carbocycles. The van der Waals surface area contributed by atoms with Crippen LogP contribution in [0.4, 0.5) is 8.78 Å². The Morgan fingerprint density at radius 3 is 2.88 bits per heavy atom. The molecule has 0 spiro atoms. The van der Waals surface area contributed by atoms with Gasteiger partial charge in [0.2, 0.25) is 0 Å². The second kappa shape index (κ2) is 10.4. The van der Waals surface area contributed by atoms with Crippen molar-refractivity contribution in [2.24, 2.45) is 4.99 Å². The molecule has 2 aromatic rings. The number of hydrogen-bond donors (Lipinski definition) is 2. The lowest BCUT2D eigenvalue weighted by Crippen LogP contribution is -2.38. The first-order chi connectivity index (χ1) is 12.6. The lowest BCUT2D eigenvalue weighted by atomic mass is 10.1. The summed E-state index contributed by atoms with van der Waals surface area (Å²) < 4.78 is 31.6. The number of nitrogens with zero attached hydrogens (tertiary/aromatic N) is 3. The highest BCUT2D eigenvalue weighted by Crippen LogP contribution is 2.22. The second-order valence-corrected chi connectivity index (χ2v) is 5.73. The third-order valence-electron chi connectivity index (χ3n) is 3.60. The molecule has 142 valence electrons. The number of hydrogen-bond acceptors (Lipinski definition) is 3. The number of guanidine groups is 1. The molecule has 26 heavy (non-hydrogen) atoms. The summed E-state index contributed by atoms with van der Waals surface area (Å²) in [6.07, 6.45) is 4.55. The zero-order valence-electron chi connectivity index (χ0n) is 15.1. The van der Waals surface area contributed by atoms with Crippen molar-refractivity contribution in [2.75, 3.05) is 13.1 Å². The van der Waals surface area contributed by atoms with Gasteiger partial charge in [0.1, 0.15) is 5.75 Å². The number of aromatic nitrogens is 2. The molecule has 0 saturated carbocycles. The number of nitrogens with one attached hydrogen (secondary N) is 2. The van der Waals surface area contributed by atoms with E-state index in [1.54, 1.807) is 18.3 Å². The second-order valence-electron chi connectivity index (χ2n) is 5.73. The Hall–Kier alpha value is -2.64. The topological polar surface area (TPSA) is 63.5 Å². The van der Waals surface area contributed by atoms with Gasteiger partial charge in [-0.2, -0.15) is 13.9 Å². The molecule has 0 amide bonds. The molecule has 0 fully saturated rings. The van der Waals surface area contributed by atoms with E-state index < -0.39 is 6.61 Å². The number of aryl methyl sites for hydroxylation is 2. The molecule has 0 aliphatic rings. The van der Waals surface area contributed by atoms with E-state index in [2.05, 4.69) is 25.5 Å². The summed E-state index contributed by atoms with van der Waals surface area (Å²) in [6.45, 7) is 3.51. The first-order valence-electron chi connectivity index (χ1n) is 8.62. The van der Waals surface area contributed by atoms with Crippen molar-refractivity contribution in [3.8, 4) is 5.75 Å². The molecule has 0 saturated heterocycles. The van der Waals surface area contributed by atoms with Gasteiger partial charge in [-0.05, 0) is 32.4 Å². The van der Waals surface area contributed by atoms with Crippen LogP contribution in [0.15, 0.2) is 41.7 Å². The molecule has 2 N–H and O–H groups in total. The van der Waals surface area contributed by atoms with E-state index >= 15 is 0 Å². The van der Waals surface area contributed by atoms with Crippen molar-refractivity contribution in [3.05, 3.63) is 47.8 Å². The smallest absolute Gasteiger partial charge is 0.387 e. The first-order valence-corrected chi connectivity index (χ1v) is 8.62. The summed E-state index contributed by atoms with van der Waals surface area (Å²) in [5.41, 5.74) is 1.59. The van der Waals surface area contributed by atoms with Gasteiger partial charge in [0.05, 0.1) is 6.54 Å². The van der Waals surface area contributed by atoms with Crippen molar-refractivity contribution >= 4 is 5.96 Å². The van der Waals surface area contributed by atoms with Crippen molar-refractivity contribution in [3.63, 3.8) is 0 Å². The average Bonchev–Trinajstić information content (AvgIpc) is 3.11. The van der Waals surface area contributed by atoms with Gasteiger partial charge >= 0.3 is 6.61 Å². The molecule has 0 bridgehead atoms. The number of rotatable bonds is 9. The molecule has 8 heteroatoms. The summed E-state index contributed by atoms with van der Waals surface area (Å²) in [6, 6.07) is 6.99. The highest BCUT2D eigenvalue weighted by atomic mass is 19.3. The van der Waals surface area contributed by atoms with E-state index in [9.17, 15) is 8.78 Å². The maximum Gasteiger partial charge on any atom is 0.387 e. The minimum absolute atomic E-state index is 0.156. The lowest BCUT2D eigenvalue weighted by molar-refractivity contribution is -0.0504. The molecule has 1 aromatic heterocycles. The molecule has 0 unspecified atom stereocenters. The zero-order chi connectivity index (χ0) is 18.8. The molecular weight excluding hydrogens is 340 g/mol. The summed E-state index contributed by atoms with van der Waals surface area (Å²) in [5.74, 6) is 0.793. The van der Waals surface area contributed by atoms with Crippen LogP contribution in [0.1, 0.15) is 24.5 Å². The van der Waals surface area contributed by atoms with Gasteiger partial charge in [0.15, 0.2) is 5.96 Å². The Balaban J connectivity index is 1.93. The van der Waals surface area contributed by atoms with Crippen LogP contribution in [0.2, 0.25) is 0 Å². The monoisotopic (exact) mass is 365 g/mol. The predicted molar refractivity (Wildman–Crippen MR) is 97.5 cm³/mol. The number of aliphatic imine (C=N–C) groups is 1. The fraction of sp³-hybridized carbons (Fsp3) is 0.444. The van der Waals surface area contributed by atoms with E-state index in [1.807, 2.05) is 36.9 Å². The van der Waals surface area contributed by atoms with E-state index in [4.69, 9.17) is 0 Å². The van der Waals surface area contributed by atoms with Gasteiger partial charge in [-0.25, -0.2) is 4.99 Å². The standard InChI is InChI=1S/C18H25F2N5O/c1-3-21-18(22-8-4-10-25-11-5-9-24-25)23-13-15-12-14(2)6-7-16(15)26-17(19)20/h5-7,9,11-12,17H,3-4,8,10,13H2,1-2H3,(H2,21,22,23). The normalized spacial score (nSPS) is 11.7. The maximum atomic E-state index is 12.6. The molecule has 0 atom stereocenters. The Bertz CT molecular complexity index is 689. The predicted octanol–water partition coefficient (Wildman–Crippen LogP) is 2.94. The highest BCUT2D eigenvalue weighted by Gasteiger charge is 2.10. The van der Waals surface area contributed by atoms with Crippen LogP contribution >= 0.6 is 0 Å². The van der Waals surface area contributed by atoms with Gasteiger partial charge < -0.3 is 15.4 Å². The van der Waals surface area contributed by atoms with Crippen LogP contribution in [-0.4, -0.2) is 35.4 Å². The van der Waals surface area contributed by atoms with Crippen LogP contribution in [-0.2, 0) is 13.1 Å². The third-order valence-corrected chi connectivity index (χ3v) is 3.60. The minimum Gasteiger partial charge on any atom is -0.434 e. The van der Waals surface area contributed by atoms with Gasteiger partial charge in [-0.3, -0.25) is 4.68 Å². The maximum absolute atomic E-state index is 12.6. The Labute approximate surface area is 152 Å². The summed E-state index contributed by atoms with van der Waals surface area (Å²) in [7, 11) is 0. The molecule has 6 nitrogen and oxygen atoms in total. The quantitative estimate of drug-likeness (QED) is 0.407. The fourth-order valence-corrected chi connectivity index (χ4v) is 2.43. The Morgan fingerprint density at radius 1 is 1.35 bits per heavy atom. The molecule has 0 aliphatic heterocycles. The zero-order valence-corrected chi connectivity index (χ0v) is 15.1. The highest BCUT2D eigenvalue weighted by molar-refractivity contribution is 5.79. The van der Waals surface area contributed by atoms with Crippen LogP contribution in [0.3, 0.4) is 0 Å². The van der Waals surface area contributed by atoms with Crippen LogP contribution in [0, 0.1) is 6.92 Å². The lowest BCUT2D eigenvalue weighted by Gasteiger charge is -2.13. The molecule has 2 rings (SSSR count). The number of halogens is 2. The van der Waals surface area contributed by atoms with E-state index in [1.165, 1.54) is 0 Å². The minimum atomic E-state index is -2.85. The van der Waals surface area contributed by atoms with Gasteiger partial charge in [-0.1, -0.05) is 17.7 Å². The first kappa shape index (κ1) is 19.7. The van der Waals surface area contributed by atoms with Crippen LogP contribution in [0.25, 0.3) is 0 Å². The third kappa shape index (κ3) is 6.70. The van der Waals surface area contributed by atoms with Crippen LogP contribution < -0.4 is 15.4 Å². The summed E-state index contributed by atoms with van der Waals surface area (Å²) >= 11 is 0. The van der Waals surface area contributed by atoms with E-state index in [0.717, 1.165) is 25.1 Å². The largest absolute Gasteiger partial charge is 0.434 e. The van der Waals surface area contributed by atoms with Crippen LogP contribution in [0.5, 0.6) is 5.75 Å². The summed E-state index contributed by atoms with van der Waals surface area (Å²) in [4.78, 5) is 4.47. The number of benzene rings is 1. The van der Waals surface area contributed by atoms with Gasteiger partial charge in [-0.15, -0.1) is 0 Å². The Kier molecular flexibility index (Phi) is 7.85. The molecular formula is C18H25F2N5O. The van der Waals surface area contributed by atoms with Crippen molar-refractivity contribution < 1.29 is 13.5 Å². The average molecular weight is 365 g/mol. The molecule has 0 radical (unpaired) electrons. The van der Waals surface area contributed by atoms with Crippen molar-refractivity contribution in [2.45, 2.75) is 40.0 Å².